The van der Waals surface area contributed by atoms with Crippen LogP contribution in [0.5, 0.6) is 5.75 Å². The fraction of sp³-hybridized carbons (Fsp3) is 0.0714. The minimum Gasteiger partial charge on any atom is -0.487 e. The molecule has 21 heavy (non-hydrogen) atoms. The van der Waals surface area contributed by atoms with Crippen LogP contribution in [0.15, 0.2) is 40.9 Å². The summed E-state index contributed by atoms with van der Waals surface area (Å²) in [6.45, 7) is -0.138. The highest BCUT2D eigenvalue weighted by Gasteiger charge is 2.12. The summed E-state index contributed by atoms with van der Waals surface area (Å²) in [6.07, 6.45) is 0. The first-order chi connectivity index (χ1) is 10.0. The van der Waals surface area contributed by atoms with Gasteiger partial charge in [0.25, 0.3) is 5.69 Å². The number of nitrogens with zero attached hydrogens (tertiary/aromatic N) is 2. The molecule has 0 saturated heterocycles. The predicted molar refractivity (Wildman–Crippen MR) is 76.2 cm³/mol. The Morgan fingerprint density at radius 2 is 2.14 bits per heavy atom. The lowest BCUT2D eigenvalue weighted by Crippen LogP contribution is -2.01. The molecule has 0 aromatic heterocycles. The molecule has 0 aliphatic rings. The molecule has 0 bridgehead atoms. The molecule has 106 valence electrons. The zero-order chi connectivity index (χ0) is 15.4. The molecule has 2 rings (SSSR count). The number of nitro groups is 1. The number of nitro benzene ring substituents is 1. The minimum atomic E-state index is -0.651. The van der Waals surface area contributed by atoms with Crippen LogP contribution in [0.2, 0.25) is 0 Å². The highest BCUT2D eigenvalue weighted by Crippen LogP contribution is 2.30. The molecule has 0 radical (unpaired) electrons. The van der Waals surface area contributed by atoms with Crippen molar-refractivity contribution in [2.45, 2.75) is 6.61 Å². The first-order valence-corrected chi connectivity index (χ1v) is 6.56. The predicted octanol–water partition coefficient (Wildman–Crippen LogP) is 3.95. The third kappa shape index (κ3) is 3.35. The molecule has 5 nitrogen and oxygen atoms in total. The van der Waals surface area contributed by atoms with Crippen LogP contribution in [0.25, 0.3) is 0 Å². The van der Waals surface area contributed by atoms with Crippen molar-refractivity contribution in [2.24, 2.45) is 0 Å². The van der Waals surface area contributed by atoms with Gasteiger partial charge in [-0.05, 0) is 28.1 Å². The summed E-state index contributed by atoms with van der Waals surface area (Å²) in [7, 11) is 0. The van der Waals surface area contributed by atoms with Gasteiger partial charge in [0.1, 0.15) is 24.2 Å². The standard InChI is InChI=1S/C14H8BrFN2O3/c15-12-5-4-11(18(19)20)6-13(12)21-8-10-3-1-2-9(7-17)14(10)16/h1-6H,8H2. The van der Waals surface area contributed by atoms with Crippen LogP contribution in [-0.2, 0) is 6.61 Å². The van der Waals surface area contributed by atoms with E-state index in [-0.39, 0.29) is 29.2 Å². The molecule has 0 fully saturated rings. The molecular weight excluding hydrogens is 343 g/mol. The Labute approximate surface area is 127 Å². The van der Waals surface area contributed by atoms with Crippen LogP contribution in [0.4, 0.5) is 10.1 Å². The van der Waals surface area contributed by atoms with E-state index in [1.807, 2.05) is 0 Å². The van der Waals surface area contributed by atoms with Gasteiger partial charge in [0.15, 0.2) is 0 Å². The largest absolute Gasteiger partial charge is 0.487 e. The summed E-state index contributed by atoms with van der Waals surface area (Å²) in [4.78, 5) is 10.2. The quantitative estimate of drug-likeness (QED) is 0.617. The molecule has 0 aliphatic heterocycles. The van der Waals surface area contributed by atoms with Gasteiger partial charge in [-0.3, -0.25) is 10.1 Å². The van der Waals surface area contributed by atoms with E-state index in [4.69, 9.17) is 10.00 Å². The molecule has 0 aliphatic carbocycles. The van der Waals surface area contributed by atoms with Crippen LogP contribution in [0.3, 0.4) is 0 Å². The number of nitriles is 1. The smallest absolute Gasteiger partial charge is 0.273 e. The molecule has 2 aromatic rings. The van der Waals surface area contributed by atoms with Gasteiger partial charge in [0, 0.05) is 11.6 Å². The number of non-ortho nitro benzene ring substituents is 1. The van der Waals surface area contributed by atoms with Crippen molar-refractivity contribution in [3.8, 4) is 11.8 Å². The average Bonchev–Trinajstić information content (AvgIpc) is 2.47. The van der Waals surface area contributed by atoms with Gasteiger partial charge in [-0.2, -0.15) is 5.26 Å². The van der Waals surface area contributed by atoms with Crippen molar-refractivity contribution >= 4 is 21.6 Å². The number of halogens is 2. The molecule has 0 spiro atoms. The van der Waals surface area contributed by atoms with Gasteiger partial charge in [0.05, 0.1) is 21.0 Å². The monoisotopic (exact) mass is 350 g/mol. The molecule has 2 aromatic carbocycles. The molecule has 0 unspecified atom stereocenters. The lowest BCUT2D eigenvalue weighted by Gasteiger charge is -2.09. The molecule has 7 heteroatoms. The van der Waals surface area contributed by atoms with Crippen molar-refractivity contribution in [1.29, 1.82) is 5.26 Å². The second-order valence-electron chi connectivity index (χ2n) is 4.05. The highest BCUT2D eigenvalue weighted by atomic mass is 79.9. The SMILES string of the molecule is N#Cc1cccc(COc2cc([N+](=O)[O-])ccc2Br)c1F. The summed E-state index contributed by atoms with van der Waals surface area (Å²) in [5.74, 6) is -0.424. The van der Waals surface area contributed by atoms with Gasteiger partial charge >= 0.3 is 0 Å². The first-order valence-electron chi connectivity index (χ1n) is 5.77. The molecule has 0 atom stereocenters. The Morgan fingerprint density at radius 1 is 1.38 bits per heavy atom. The van der Waals surface area contributed by atoms with E-state index >= 15 is 0 Å². The molecule has 0 amide bonds. The Hall–Kier alpha value is -2.46. The normalized spacial score (nSPS) is 9.95. The lowest BCUT2D eigenvalue weighted by atomic mass is 10.1. The van der Waals surface area contributed by atoms with E-state index in [9.17, 15) is 14.5 Å². The summed E-state index contributed by atoms with van der Waals surface area (Å²) >= 11 is 3.21. The Kier molecular flexibility index (Phi) is 4.50. The number of hydrogen-bond donors (Lipinski definition) is 0. The molecule has 0 N–H and O–H groups in total. The summed E-state index contributed by atoms with van der Waals surface area (Å²) in [6, 6.07) is 10.2. The summed E-state index contributed by atoms with van der Waals surface area (Å²) in [5, 5.41) is 19.5. The van der Waals surface area contributed by atoms with Gasteiger partial charge in [0.2, 0.25) is 0 Å². The number of ether oxygens (including phenoxy) is 1. The third-order valence-corrected chi connectivity index (χ3v) is 3.36. The zero-order valence-electron chi connectivity index (χ0n) is 10.5. The van der Waals surface area contributed by atoms with Crippen LogP contribution < -0.4 is 4.74 Å². The van der Waals surface area contributed by atoms with Crippen molar-refractivity contribution < 1.29 is 14.1 Å². The fourth-order valence-corrected chi connectivity index (χ4v) is 2.01. The average molecular weight is 351 g/mol. The Bertz CT molecular complexity index is 743. The van der Waals surface area contributed by atoms with E-state index in [0.29, 0.717) is 4.47 Å². The maximum Gasteiger partial charge on any atom is 0.273 e. The van der Waals surface area contributed by atoms with Crippen LogP contribution >= 0.6 is 15.9 Å². The molecule has 0 saturated carbocycles. The van der Waals surface area contributed by atoms with Crippen molar-refractivity contribution in [2.75, 3.05) is 0 Å². The van der Waals surface area contributed by atoms with Crippen molar-refractivity contribution in [3.05, 3.63) is 67.9 Å². The maximum atomic E-state index is 13.9. The second-order valence-corrected chi connectivity index (χ2v) is 4.91. The van der Waals surface area contributed by atoms with Crippen LogP contribution in [-0.4, -0.2) is 4.92 Å². The van der Waals surface area contributed by atoms with Gasteiger partial charge in [-0.15, -0.1) is 0 Å². The van der Waals surface area contributed by atoms with Crippen molar-refractivity contribution in [1.82, 2.24) is 0 Å². The second kappa shape index (κ2) is 6.33. The maximum absolute atomic E-state index is 13.9. The highest BCUT2D eigenvalue weighted by molar-refractivity contribution is 9.10. The summed E-state index contributed by atoms with van der Waals surface area (Å²) < 4.78 is 19.8. The third-order valence-electron chi connectivity index (χ3n) is 2.71. The minimum absolute atomic E-state index is 0.0748. The van der Waals surface area contributed by atoms with Crippen molar-refractivity contribution in [3.63, 3.8) is 0 Å². The Morgan fingerprint density at radius 3 is 2.81 bits per heavy atom. The summed E-state index contributed by atoms with van der Waals surface area (Å²) in [5.41, 5.74) is 0.00103. The number of rotatable bonds is 4. The zero-order valence-corrected chi connectivity index (χ0v) is 12.1. The van der Waals surface area contributed by atoms with Crippen LogP contribution in [0.1, 0.15) is 11.1 Å². The Balaban J connectivity index is 2.23. The van der Waals surface area contributed by atoms with Crippen LogP contribution in [0, 0.1) is 27.3 Å². The van der Waals surface area contributed by atoms with Gasteiger partial charge < -0.3 is 4.74 Å². The fourth-order valence-electron chi connectivity index (χ4n) is 1.65. The number of hydrogen-bond acceptors (Lipinski definition) is 4. The van der Waals surface area contributed by atoms with E-state index in [1.54, 1.807) is 12.1 Å². The van der Waals surface area contributed by atoms with E-state index in [1.165, 1.54) is 30.3 Å². The lowest BCUT2D eigenvalue weighted by molar-refractivity contribution is -0.385. The van der Waals surface area contributed by atoms with Gasteiger partial charge in [-0.1, -0.05) is 12.1 Å². The molecule has 0 heterocycles. The van der Waals surface area contributed by atoms with E-state index in [2.05, 4.69) is 15.9 Å². The van der Waals surface area contributed by atoms with E-state index in [0.717, 1.165) is 0 Å². The topological polar surface area (TPSA) is 76.2 Å². The first kappa shape index (κ1) is 14.9. The van der Waals surface area contributed by atoms with Gasteiger partial charge in [-0.25, -0.2) is 4.39 Å². The molecular formula is C14H8BrFN2O3. The van der Waals surface area contributed by atoms with E-state index < -0.39 is 10.7 Å². The number of benzene rings is 2.